The molecule has 1 fully saturated rings. The van der Waals surface area contributed by atoms with Crippen LogP contribution in [0.15, 0.2) is 0 Å². The Labute approximate surface area is 111 Å². The van der Waals surface area contributed by atoms with Crippen LogP contribution in [0.3, 0.4) is 0 Å². The SMILES string of the molecule is CC(C)OC(=O)NS(=O)(=O)N1CCNCC1C(=O)O. The van der Waals surface area contributed by atoms with Gasteiger partial charge in [-0.1, -0.05) is 0 Å². The largest absolute Gasteiger partial charge is 0.480 e. The fourth-order valence-corrected chi connectivity index (χ4v) is 2.79. The second-order valence-corrected chi connectivity index (χ2v) is 5.85. The number of hydrogen-bond donors (Lipinski definition) is 3. The standard InChI is InChI=1S/C9H17N3O6S/c1-6(2)18-9(15)11-19(16,17)12-4-3-10-5-7(12)8(13)14/h6-7,10H,3-5H2,1-2H3,(H,11,15)(H,13,14). The third-order valence-corrected chi connectivity index (χ3v) is 3.82. The van der Waals surface area contributed by atoms with Crippen molar-refractivity contribution in [3.8, 4) is 0 Å². The van der Waals surface area contributed by atoms with Crippen molar-refractivity contribution < 1.29 is 27.9 Å². The van der Waals surface area contributed by atoms with E-state index in [0.29, 0.717) is 6.54 Å². The Morgan fingerprint density at radius 2 is 2.11 bits per heavy atom. The maximum Gasteiger partial charge on any atom is 0.422 e. The lowest BCUT2D eigenvalue weighted by Gasteiger charge is -2.31. The zero-order valence-electron chi connectivity index (χ0n) is 10.6. The number of amides is 1. The van der Waals surface area contributed by atoms with Crippen molar-refractivity contribution in [2.45, 2.75) is 26.0 Å². The van der Waals surface area contributed by atoms with Crippen LogP contribution in [-0.2, 0) is 19.7 Å². The molecule has 1 atom stereocenters. The maximum absolute atomic E-state index is 11.9. The van der Waals surface area contributed by atoms with Gasteiger partial charge in [0.15, 0.2) is 0 Å². The summed E-state index contributed by atoms with van der Waals surface area (Å²) < 4.78 is 30.9. The lowest BCUT2D eigenvalue weighted by molar-refractivity contribution is -0.141. The highest BCUT2D eigenvalue weighted by Gasteiger charge is 2.37. The van der Waals surface area contributed by atoms with Crippen LogP contribution in [0.5, 0.6) is 0 Å². The van der Waals surface area contributed by atoms with Crippen LogP contribution in [0.1, 0.15) is 13.8 Å². The number of carbonyl (C=O) groups is 2. The van der Waals surface area contributed by atoms with Crippen molar-refractivity contribution in [2.75, 3.05) is 19.6 Å². The first-order valence-corrected chi connectivity index (χ1v) is 7.11. The summed E-state index contributed by atoms with van der Waals surface area (Å²) in [7, 11) is -4.23. The lowest BCUT2D eigenvalue weighted by Crippen LogP contribution is -2.60. The number of nitrogens with zero attached hydrogens (tertiary/aromatic N) is 1. The van der Waals surface area contributed by atoms with Crippen LogP contribution in [-0.4, -0.2) is 61.7 Å². The highest BCUT2D eigenvalue weighted by Crippen LogP contribution is 2.09. The van der Waals surface area contributed by atoms with Gasteiger partial charge in [0, 0.05) is 19.6 Å². The molecule has 0 spiro atoms. The fraction of sp³-hybridized carbons (Fsp3) is 0.778. The smallest absolute Gasteiger partial charge is 0.422 e. The van der Waals surface area contributed by atoms with Gasteiger partial charge in [0.2, 0.25) is 0 Å². The number of aliphatic carboxylic acids is 1. The minimum absolute atomic E-state index is 0.0184. The average Bonchev–Trinajstić information content (AvgIpc) is 2.26. The molecule has 19 heavy (non-hydrogen) atoms. The topological polar surface area (TPSA) is 125 Å². The molecule has 1 unspecified atom stereocenters. The van der Waals surface area contributed by atoms with Gasteiger partial charge in [-0.3, -0.25) is 4.79 Å². The Hall–Kier alpha value is -1.39. The molecule has 0 aromatic carbocycles. The van der Waals surface area contributed by atoms with Crippen LogP contribution in [0.25, 0.3) is 0 Å². The summed E-state index contributed by atoms with van der Waals surface area (Å²) in [6, 6.07) is -1.25. The fourth-order valence-electron chi connectivity index (χ4n) is 1.59. The molecule has 0 bridgehead atoms. The number of rotatable bonds is 4. The summed E-state index contributed by atoms with van der Waals surface area (Å²) in [5, 5.41) is 11.7. The molecule has 1 amide bonds. The number of nitrogens with one attached hydrogen (secondary N) is 2. The second-order valence-electron chi connectivity index (χ2n) is 4.23. The minimum Gasteiger partial charge on any atom is -0.480 e. The van der Waals surface area contributed by atoms with Gasteiger partial charge in [-0.05, 0) is 13.8 Å². The monoisotopic (exact) mass is 295 g/mol. The Morgan fingerprint density at radius 3 is 2.63 bits per heavy atom. The molecule has 1 saturated heterocycles. The normalized spacial score (nSPS) is 21.1. The van der Waals surface area contributed by atoms with Crippen molar-refractivity contribution in [2.24, 2.45) is 0 Å². The zero-order valence-corrected chi connectivity index (χ0v) is 11.4. The molecule has 1 aliphatic heterocycles. The summed E-state index contributed by atoms with van der Waals surface area (Å²) in [5.74, 6) is -1.28. The van der Waals surface area contributed by atoms with Crippen molar-refractivity contribution in [3.63, 3.8) is 0 Å². The highest BCUT2D eigenvalue weighted by molar-refractivity contribution is 7.87. The molecule has 110 valence electrons. The summed E-state index contributed by atoms with van der Waals surface area (Å²) >= 11 is 0. The molecule has 1 heterocycles. The van der Waals surface area contributed by atoms with Crippen molar-refractivity contribution in [3.05, 3.63) is 0 Å². The first kappa shape index (κ1) is 15.7. The van der Waals surface area contributed by atoms with Crippen molar-refractivity contribution >= 4 is 22.3 Å². The summed E-state index contributed by atoms with van der Waals surface area (Å²) in [6.07, 6.45) is -1.61. The predicted octanol–water partition coefficient (Wildman–Crippen LogP) is -1.28. The molecule has 0 saturated carbocycles. The molecule has 10 heteroatoms. The number of hydrogen-bond acceptors (Lipinski definition) is 6. The molecule has 1 rings (SSSR count). The van der Waals surface area contributed by atoms with E-state index in [1.807, 2.05) is 0 Å². The molecule has 0 aromatic heterocycles. The number of piperazine rings is 1. The van der Waals surface area contributed by atoms with Crippen LogP contribution >= 0.6 is 0 Å². The van der Waals surface area contributed by atoms with E-state index in [1.54, 1.807) is 18.6 Å². The quantitative estimate of drug-likeness (QED) is 0.590. The van der Waals surface area contributed by atoms with Crippen LogP contribution in [0, 0.1) is 0 Å². The third kappa shape index (κ3) is 4.33. The van der Waals surface area contributed by atoms with E-state index in [-0.39, 0.29) is 13.1 Å². The van der Waals surface area contributed by atoms with E-state index in [1.165, 1.54) is 0 Å². The number of carbonyl (C=O) groups excluding carboxylic acids is 1. The summed E-state index contributed by atoms with van der Waals surface area (Å²) in [5.41, 5.74) is 0. The molecule has 0 aromatic rings. The minimum atomic E-state index is -4.23. The Balaban J connectivity index is 2.79. The molecular weight excluding hydrogens is 278 g/mol. The van der Waals surface area contributed by atoms with Gasteiger partial charge in [-0.25, -0.2) is 9.52 Å². The highest BCUT2D eigenvalue weighted by atomic mass is 32.2. The van der Waals surface area contributed by atoms with Gasteiger partial charge >= 0.3 is 22.3 Å². The maximum atomic E-state index is 11.9. The van der Waals surface area contributed by atoms with Gasteiger partial charge < -0.3 is 15.2 Å². The van der Waals surface area contributed by atoms with Gasteiger partial charge in [0.05, 0.1) is 6.10 Å². The van der Waals surface area contributed by atoms with Crippen LogP contribution in [0.4, 0.5) is 4.79 Å². The summed E-state index contributed by atoms with van der Waals surface area (Å²) in [6.45, 7) is 3.38. The molecule has 1 aliphatic rings. The Bertz CT molecular complexity index is 449. The first-order valence-electron chi connectivity index (χ1n) is 5.67. The predicted molar refractivity (Wildman–Crippen MR) is 64.7 cm³/mol. The Morgan fingerprint density at radius 1 is 1.47 bits per heavy atom. The van der Waals surface area contributed by atoms with E-state index in [2.05, 4.69) is 10.1 Å². The van der Waals surface area contributed by atoms with Gasteiger partial charge in [0.1, 0.15) is 6.04 Å². The number of ether oxygens (including phenoxy) is 1. The Kier molecular flexibility index (Phi) is 5.09. The van der Waals surface area contributed by atoms with Gasteiger partial charge in [-0.15, -0.1) is 0 Å². The van der Waals surface area contributed by atoms with Crippen LogP contribution < -0.4 is 10.0 Å². The van der Waals surface area contributed by atoms with E-state index in [4.69, 9.17) is 5.11 Å². The van der Waals surface area contributed by atoms with E-state index in [9.17, 15) is 18.0 Å². The first-order chi connectivity index (χ1) is 8.74. The van der Waals surface area contributed by atoms with Gasteiger partial charge in [0.25, 0.3) is 0 Å². The average molecular weight is 295 g/mol. The molecule has 0 radical (unpaired) electrons. The number of carboxylic acid groups (broad SMARTS) is 1. The van der Waals surface area contributed by atoms with E-state index in [0.717, 1.165) is 4.31 Å². The van der Waals surface area contributed by atoms with Crippen molar-refractivity contribution in [1.82, 2.24) is 14.3 Å². The van der Waals surface area contributed by atoms with Crippen molar-refractivity contribution in [1.29, 1.82) is 0 Å². The summed E-state index contributed by atoms with van der Waals surface area (Å²) in [4.78, 5) is 22.3. The van der Waals surface area contributed by atoms with Crippen LogP contribution in [0.2, 0.25) is 0 Å². The zero-order chi connectivity index (χ0) is 14.6. The lowest BCUT2D eigenvalue weighted by atomic mass is 10.2. The molecule has 0 aliphatic carbocycles. The molecule has 9 nitrogen and oxygen atoms in total. The molecule has 3 N–H and O–H groups in total. The second kappa shape index (κ2) is 6.17. The number of carboxylic acids is 1. The van der Waals surface area contributed by atoms with E-state index < -0.39 is 34.4 Å². The third-order valence-electron chi connectivity index (χ3n) is 2.34. The van der Waals surface area contributed by atoms with Gasteiger partial charge in [-0.2, -0.15) is 12.7 Å². The molecular formula is C9H17N3O6S. The van der Waals surface area contributed by atoms with E-state index >= 15 is 0 Å².